The van der Waals surface area contributed by atoms with Gasteiger partial charge in [-0.1, -0.05) is 54.1 Å². The molecule has 0 saturated heterocycles. The molecule has 0 fully saturated rings. The van der Waals surface area contributed by atoms with Crippen molar-refractivity contribution in [2.24, 2.45) is 0 Å². The van der Waals surface area contributed by atoms with Crippen molar-refractivity contribution in [2.75, 3.05) is 13.1 Å². The van der Waals surface area contributed by atoms with Gasteiger partial charge in [-0.2, -0.15) is 0 Å². The van der Waals surface area contributed by atoms with Crippen molar-refractivity contribution in [3.05, 3.63) is 100 Å². The number of aromatic nitrogens is 1. The second-order valence-electron chi connectivity index (χ2n) is 7.40. The zero-order chi connectivity index (χ0) is 20.1. The van der Waals surface area contributed by atoms with Crippen LogP contribution in [0.15, 0.2) is 73.1 Å². The predicted molar refractivity (Wildman–Crippen MR) is 116 cm³/mol. The number of nitrogens with zero attached hydrogens (tertiary/aromatic N) is 2. The van der Waals surface area contributed by atoms with Crippen LogP contribution in [0.1, 0.15) is 28.3 Å². The monoisotopic (exact) mass is 405 g/mol. The van der Waals surface area contributed by atoms with Crippen LogP contribution < -0.4 is 5.32 Å². The van der Waals surface area contributed by atoms with Crippen molar-refractivity contribution in [1.82, 2.24) is 15.2 Å². The molecule has 1 atom stereocenters. The number of fused-ring (bicyclic) bond motifs is 1. The lowest BCUT2D eigenvalue weighted by molar-refractivity contribution is -0.120. The largest absolute Gasteiger partial charge is 0.354 e. The van der Waals surface area contributed by atoms with Crippen molar-refractivity contribution < 1.29 is 4.79 Å². The molecule has 1 amide bonds. The van der Waals surface area contributed by atoms with Gasteiger partial charge in [0.2, 0.25) is 5.91 Å². The molecule has 1 aliphatic rings. The summed E-state index contributed by atoms with van der Waals surface area (Å²) in [5, 5.41) is 3.80. The van der Waals surface area contributed by atoms with Gasteiger partial charge in [0.05, 0.1) is 12.5 Å². The van der Waals surface area contributed by atoms with Gasteiger partial charge in [-0.25, -0.2) is 0 Å². The molecular weight excluding hydrogens is 382 g/mol. The Kier molecular flexibility index (Phi) is 6.23. The number of benzene rings is 2. The third-order valence-electron chi connectivity index (χ3n) is 5.44. The summed E-state index contributed by atoms with van der Waals surface area (Å²) in [6, 6.07) is 20.1. The van der Waals surface area contributed by atoms with Crippen LogP contribution in [0.25, 0.3) is 0 Å². The van der Waals surface area contributed by atoms with Crippen LogP contribution in [0.3, 0.4) is 0 Å². The zero-order valence-electron chi connectivity index (χ0n) is 16.2. The number of nitrogens with one attached hydrogen (secondary N) is 1. The molecular formula is C24H24ClN3O. The third-order valence-corrected chi connectivity index (χ3v) is 5.69. The summed E-state index contributed by atoms with van der Waals surface area (Å²) in [6.07, 6.45) is 5.05. The maximum atomic E-state index is 12.5. The quantitative estimate of drug-likeness (QED) is 0.668. The maximum Gasteiger partial charge on any atom is 0.224 e. The van der Waals surface area contributed by atoms with Crippen molar-refractivity contribution >= 4 is 17.5 Å². The van der Waals surface area contributed by atoms with Gasteiger partial charge in [0.25, 0.3) is 0 Å². The number of amides is 1. The summed E-state index contributed by atoms with van der Waals surface area (Å²) in [5.41, 5.74) is 4.86. The van der Waals surface area contributed by atoms with E-state index < -0.39 is 0 Å². The highest BCUT2D eigenvalue weighted by Gasteiger charge is 2.25. The average Bonchev–Trinajstić information content (AvgIpc) is 2.76. The minimum absolute atomic E-state index is 0.0126. The summed E-state index contributed by atoms with van der Waals surface area (Å²) >= 11 is 5.93. The van der Waals surface area contributed by atoms with E-state index in [0.29, 0.717) is 18.0 Å². The van der Waals surface area contributed by atoms with E-state index in [1.54, 1.807) is 6.20 Å². The van der Waals surface area contributed by atoms with E-state index in [0.717, 1.165) is 30.6 Å². The van der Waals surface area contributed by atoms with E-state index in [1.165, 1.54) is 11.1 Å². The van der Waals surface area contributed by atoms with Crippen molar-refractivity contribution in [2.45, 2.75) is 25.4 Å². The molecule has 4 rings (SSSR count). The lowest BCUT2D eigenvalue weighted by Crippen LogP contribution is -2.41. The number of hydrogen-bond donors (Lipinski definition) is 1. The molecule has 1 N–H and O–H groups in total. The van der Waals surface area contributed by atoms with E-state index in [4.69, 9.17) is 11.6 Å². The minimum atomic E-state index is 0.0126. The number of halogens is 1. The highest BCUT2D eigenvalue weighted by atomic mass is 35.5. The molecule has 5 heteroatoms. The van der Waals surface area contributed by atoms with E-state index in [-0.39, 0.29) is 11.9 Å². The molecule has 0 saturated carbocycles. The Morgan fingerprint density at radius 2 is 1.86 bits per heavy atom. The van der Waals surface area contributed by atoms with Gasteiger partial charge in [0, 0.05) is 37.1 Å². The molecule has 0 spiro atoms. The molecule has 0 aliphatic carbocycles. The van der Waals surface area contributed by atoms with Gasteiger partial charge in [0.15, 0.2) is 0 Å². The van der Waals surface area contributed by atoms with Gasteiger partial charge < -0.3 is 5.32 Å². The van der Waals surface area contributed by atoms with Crippen LogP contribution in [0.5, 0.6) is 0 Å². The van der Waals surface area contributed by atoms with Gasteiger partial charge in [0.1, 0.15) is 0 Å². The van der Waals surface area contributed by atoms with Crippen LogP contribution in [0.4, 0.5) is 0 Å². The standard InChI is InChI=1S/C24H24ClN3O/c25-22-9-7-18(8-10-22)14-24(29)27-16-23(20-6-3-12-26-15-20)28-13-11-19-4-1-2-5-21(19)17-28/h1-10,12,15,23H,11,13-14,16-17H2,(H,27,29)/t23-/m0/s1. The summed E-state index contributed by atoms with van der Waals surface area (Å²) in [4.78, 5) is 19.3. The van der Waals surface area contributed by atoms with Crippen LogP contribution >= 0.6 is 11.6 Å². The Balaban J connectivity index is 1.45. The van der Waals surface area contributed by atoms with Crippen molar-refractivity contribution in [3.8, 4) is 0 Å². The fourth-order valence-electron chi connectivity index (χ4n) is 3.88. The summed E-state index contributed by atoms with van der Waals surface area (Å²) in [7, 11) is 0. The predicted octanol–water partition coefficient (Wildman–Crippen LogP) is 4.19. The highest BCUT2D eigenvalue weighted by molar-refractivity contribution is 6.30. The number of rotatable bonds is 6. The van der Waals surface area contributed by atoms with Gasteiger partial charge >= 0.3 is 0 Å². The van der Waals surface area contributed by atoms with Crippen molar-refractivity contribution in [3.63, 3.8) is 0 Å². The molecule has 148 valence electrons. The molecule has 2 aromatic carbocycles. The molecule has 3 aromatic rings. The lowest BCUT2D eigenvalue weighted by atomic mass is 9.97. The van der Waals surface area contributed by atoms with Gasteiger partial charge in [-0.3, -0.25) is 14.7 Å². The van der Waals surface area contributed by atoms with E-state index in [2.05, 4.69) is 45.5 Å². The zero-order valence-corrected chi connectivity index (χ0v) is 17.0. The van der Waals surface area contributed by atoms with E-state index >= 15 is 0 Å². The van der Waals surface area contributed by atoms with Crippen LogP contribution in [-0.4, -0.2) is 28.9 Å². The number of carbonyl (C=O) groups excluding carboxylic acids is 1. The maximum absolute atomic E-state index is 12.5. The van der Waals surface area contributed by atoms with Gasteiger partial charge in [-0.05, 0) is 46.9 Å². The number of pyridine rings is 1. The Labute approximate surface area is 176 Å². The first-order valence-electron chi connectivity index (χ1n) is 9.91. The Morgan fingerprint density at radius 1 is 1.07 bits per heavy atom. The molecule has 4 nitrogen and oxygen atoms in total. The molecule has 1 aromatic heterocycles. The number of hydrogen-bond acceptors (Lipinski definition) is 3. The smallest absolute Gasteiger partial charge is 0.224 e. The first-order chi connectivity index (χ1) is 14.2. The molecule has 2 heterocycles. The Bertz CT molecular complexity index is 959. The first kappa shape index (κ1) is 19.6. The average molecular weight is 406 g/mol. The topological polar surface area (TPSA) is 45.2 Å². The van der Waals surface area contributed by atoms with Crippen LogP contribution in [-0.2, 0) is 24.2 Å². The van der Waals surface area contributed by atoms with E-state index in [9.17, 15) is 4.79 Å². The van der Waals surface area contributed by atoms with E-state index in [1.807, 2.05) is 36.5 Å². The normalized spacial score (nSPS) is 14.8. The summed E-state index contributed by atoms with van der Waals surface area (Å²) < 4.78 is 0. The first-order valence-corrected chi connectivity index (χ1v) is 10.3. The number of carbonyl (C=O) groups is 1. The second kappa shape index (κ2) is 9.21. The summed E-state index contributed by atoms with van der Waals surface area (Å²) in [6.45, 7) is 2.40. The fraction of sp³-hybridized carbons (Fsp3) is 0.250. The SMILES string of the molecule is O=C(Cc1ccc(Cl)cc1)NC[C@@H](c1cccnc1)N1CCc2ccccc2C1. The molecule has 0 bridgehead atoms. The second-order valence-corrected chi connectivity index (χ2v) is 7.84. The molecule has 0 unspecified atom stereocenters. The van der Waals surface area contributed by atoms with Crippen LogP contribution in [0.2, 0.25) is 5.02 Å². The van der Waals surface area contributed by atoms with Crippen LogP contribution in [0, 0.1) is 0 Å². The lowest BCUT2D eigenvalue weighted by Gasteiger charge is -2.36. The van der Waals surface area contributed by atoms with Gasteiger partial charge in [-0.15, -0.1) is 0 Å². The Morgan fingerprint density at radius 3 is 2.62 bits per heavy atom. The Hall–Kier alpha value is -2.69. The molecule has 0 radical (unpaired) electrons. The highest BCUT2D eigenvalue weighted by Crippen LogP contribution is 2.27. The van der Waals surface area contributed by atoms with Crippen molar-refractivity contribution in [1.29, 1.82) is 0 Å². The summed E-state index contributed by atoms with van der Waals surface area (Å²) in [5.74, 6) is 0.0126. The fourth-order valence-corrected chi connectivity index (χ4v) is 4.00. The minimum Gasteiger partial charge on any atom is -0.354 e. The molecule has 29 heavy (non-hydrogen) atoms. The third kappa shape index (κ3) is 5.03. The molecule has 1 aliphatic heterocycles.